The van der Waals surface area contributed by atoms with Crippen LogP contribution < -0.4 is 16.0 Å². The summed E-state index contributed by atoms with van der Waals surface area (Å²) in [6.45, 7) is 0.216. The van der Waals surface area contributed by atoms with E-state index in [1.165, 1.54) is 5.01 Å². The van der Waals surface area contributed by atoms with Gasteiger partial charge in [-0.15, -0.1) is 0 Å². The summed E-state index contributed by atoms with van der Waals surface area (Å²) in [5.74, 6) is -3.75. The number of carboxylic acid groups (broad SMARTS) is 1. The lowest BCUT2D eigenvalue weighted by Crippen LogP contribution is -2.65. The van der Waals surface area contributed by atoms with Gasteiger partial charge in [0.2, 0.25) is 11.8 Å². The van der Waals surface area contributed by atoms with E-state index in [1.807, 2.05) is 0 Å². The second-order valence-electron chi connectivity index (χ2n) is 9.54. The first kappa shape index (κ1) is 27.8. The number of amides is 5. The minimum absolute atomic E-state index is 0.00234. The SMILES string of the molecule is [N-]=[N+]=CC(=O)[C@H](CCC(=O)O)NC(=O)[C@@H]1CCCN2C(=O)CC[C@H](NC(=O)NC3CCCCC3)C(=O)N12. The summed E-state index contributed by atoms with van der Waals surface area (Å²) in [6, 6.07) is -3.98. The van der Waals surface area contributed by atoms with E-state index in [0.717, 1.165) is 37.1 Å². The highest BCUT2D eigenvalue weighted by Gasteiger charge is 2.45. The number of hydrazine groups is 1. The number of nitrogens with zero attached hydrogens (tertiary/aromatic N) is 4. The molecule has 2 aliphatic heterocycles. The number of carboxylic acids is 1. The summed E-state index contributed by atoms with van der Waals surface area (Å²) >= 11 is 0. The zero-order valence-electron chi connectivity index (χ0n) is 20.6. The van der Waals surface area contributed by atoms with Crippen LogP contribution in [0.25, 0.3) is 5.53 Å². The number of fused-ring (bicyclic) bond motifs is 1. The maximum Gasteiger partial charge on any atom is 0.325 e. The van der Waals surface area contributed by atoms with E-state index in [9.17, 15) is 28.8 Å². The van der Waals surface area contributed by atoms with E-state index in [1.54, 1.807) is 0 Å². The van der Waals surface area contributed by atoms with Crippen LogP contribution in [0.3, 0.4) is 0 Å². The number of hydrogen-bond acceptors (Lipinski definition) is 6. The van der Waals surface area contributed by atoms with Gasteiger partial charge in [-0.2, -0.15) is 4.79 Å². The zero-order chi connectivity index (χ0) is 26.9. The second kappa shape index (κ2) is 12.9. The number of aliphatic carboxylic acids is 1. The zero-order valence-corrected chi connectivity index (χ0v) is 20.6. The van der Waals surface area contributed by atoms with Crippen molar-refractivity contribution < 1.29 is 38.7 Å². The van der Waals surface area contributed by atoms with Gasteiger partial charge < -0.3 is 26.6 Å². The molecule has 14 nitrogen and oxygen atoms in total. The van der Waals surface area contributed by atoms with Gasteiger partial charge in [0.1, 0.15) is 12.1 Å². The Morgan fingerprint density at radius 1 is 1.05 bits per heavy atom. The number of rotatable bonds is 9. The first-order valence-electron chi connectivity index (χ1n) is 12.6. The van der Waals surface area contributed by atoms with Crippen LogP contribution in [0.15, 0.2) is 0 Å². The smallest absolute Gasteiger partial charge is 0.325 e. The van der Waals surface area contributed by atoms with Gasteiger partial charge in [-0.3, -0.25) is 29.0 Å². The van der Waals surface area contributed by atoms with Crippen LogP contribution >= 0.6 is 0 Å². The molecular formula is C23H33N7O7. The lowest BCUT2D eigenvalue weighted by molar-refractivity contribution is -0.176. The van der Waals surface area contributed by atoms with Crippen LogP contribution in [0.2, 0.25) is 0 Å². The summed E-state index contributed by atoms with van der Waals surface area (Å²) in [5, 5.41) is 19.2. The molecule has 202 valence electrons. The van der Waals surface area contributed by atoms with E-state index in [4.69, 9.17) is 10.6 Å². The van der Waals surface area contributed by atoms with Gasteiger partial charge >= 0.3 is 18.2 Å². The van der Waals surface area contributed by atoms with Crippen molar-refractivity contribution in [1.29, 1.82) is 0 Å². The average Bonchev–Trinajstić information content (AvgIpc) is 2.99. The Labute approximate surface area is 213 Å². The Morgan fingerprint density at radius 3 is 2.46 bits per heavy atom. The van der Waals surface area contributed by atoms with E-state index >= 15 is 0 Å². The molecular weight excluding hydrogens is 486 g/mol. The molecule has 3 aliphatic rings. The van der Waals surface area contributed by atoms with E-state index < -0.39 is 54.1 Å². The van der Waals surface area contributed by atoms with Crippen molar-refractivity contribution >= 4 is 41.7 Å². The topological polar surface area (TPSA) is 202 Å². The lowest BCUT2D eigenvalue weighted by atomic mass is 9.96. The van der Waals surface area contributed by atoms with Crippen LogP contribution in [0, 0.1) is 0 Å². The minimum Gasteiger partial charge on any atom is -0.481 e. The molecule has 1 aliphatic carbocycles. The predicted molar refractivity (Wildman–Crippen MR) is 127 cm³/mol. The summed E-state index contributed by atoms with van der Waals surface area (Å²) < 4.78 is 0. The molecule has 1 saturated carbocycles. The molecule has 0 aromatic rings. The Balaban J connectivity index is 1.75. The molecule has 14 heteroatoms. The summed E-state index contributed by atoms with van der Waals surface area (Å²) in [7, 11) is 0. The molecule has 3 atom stereocenters. The Morgan fingerprint density at radius 2 is 1.78 bits per heavy atom. The largest absolute Gasteiger partial charge is 0.481 e. The quantitative estimate of drug-likeness (QED) is 0.182. The molecule has 3 rings (SSSR count). The van der Waals surface area contributed by atoms with Gasteiger partial charge in [0.15, 0.2) is 0 Å². The summed E-state index contributed by atoms with van der Waals surface area (Å²) in [4.78, 5) is 78.0. The highest BCUT2D eigenvalue weighted by atomic mass is 16.4. The number of carbonyl (C=O) groups excluding carboxylic acids is 5. The molecule has 37 heavy (non-hydrogen) atoms. The van der Waals surface area contributed by atoms with Crippen LogP contribution in [0.4, 0.5) is 4.79 Å². The van der Waals surface area contributed by atoms with Crippen molar-refractivity contribution in [1.82, 2.24) is 26.0 Å². The average molecular weight is 520 g/mol. The molecule has 0 aromatic carbocycles. The number of ketones is 1. The van der Waals surface area contributed by atoms with Crippen molar-refractivity contribution in [3.8, 4) is 0 Å². The third-order valence-electron chi connectivity index (χ3n) is 6.90. The number of hydrogen-bond donors (Lipinski definition) is 4. The van der Waals surface area contributed by atoms with Gasteiger partial charge in [0, 0.05) is 25.4 Å². The standard InChI is InChI=1S/C23H33N7O7/c24-25-13-18(31)15(9-11-20(33)34)27-21(35)17-7-4-12-29-19(32)10-8-16(22(36)30(17)29)28-23(37)26-14-5-2-1-3-6-14/h13-17H,1-12H2,(H,27,35)(H,33,34)(H2,26,28,37)/t15-,16-,17-/m0/s1. The Bertz CT molecular complexity index is 974. The van der Waals surface area contributed by atoms with Crippen LogP contribution in [0.1, 0.15) is 70.6 Å². The second-order valence-corrected chi connectivity index (χ2v) is 9.54. The molecule has 0 aromatic heterocycles. The predicted octanol–water partition coefficient (Wildman–Crippen LogP) is -0.265. The van der Waals surface area contributed by atoms with Crippen LogP contribution in [-0.2, 0) is 24.0 Å². The molecule has 4 N–H and O–H groups in total. The summed E-state index contributed by atoms with van der Waals surface area (Å²) in [6.07, 6.45) is 5.40. The molecule has 0 spiro atoms. The maximum absolute atomic E-state index is 13.5. The van der Waals surface area contributed by atoms with Crippen molar-refractivity contribution in [2.75, 3.05) is 6.54 Å². The Kier molecular flexibility index (Phi) is 9.72. The normalized spacial score (nSPS) is 23.1. The first-order chi connectivity index (χ1) is 17.7. The molecule has 0 radical (unpaired) electrons. The fraction of sp³-hybridized carbons (Fsp3) is 0.696. The highest BCUT2D eigenvalue weighted by Crippen LogP contribution is 2.25. The van der Waals surface area contributed by atoms with Gasteiger partial charge in [-0.1, -0.05) is 19.3 Å². The lowest BCUT2D eigenvalue weighted by Gasteiger charge is -2.43. The van der Waals surface area contributed by atoms with Gasteiger partial charge in [0.25, 0.3) is 11.7 Å². The van der Waals surface area contributed by atoms with Gasteiger partial charge in [-0.05, 0) is 38.5 Å². The number of carbonyl (C=O) groups is 6. The van der Waals surface area contributed by atoms with E-state index in [0.29, 0.717) is 12.6 Å². The number of Topliss-reactive ketones (excluding diaryl/α,β-unsaturated/α-hetero) is 1. The van der Waals surface area contributed by atoms with E-state index in [-0.39, 0.29) is 44.2 Å². The van der Waals surface area contributed by atoms with Crippen molar-refractivity contribution in [3.05, 3.63) is 5.53 Å². The van der Waals surface area contributed by atoms with E-state index in [2.05, 4.69) is 20.7 Å². The minimum atomic E-state index is -1.30. The molecule has 3 fully saturated rings. The number of urea groups is 1. The van der Waals surface area contributed by atoms with Crippen molar-refractivity contribution in [2.45, 2.75) is 94.8 Å². The third kappa shape index (κ3) is 7.35. The van der Waals surface area contributed by atoms with Gasteiger partial charge in [-0.25, -0.2) is 9.80 Å². The monoisotopic (exact) mass is 519 g/mol. The number of nitrogens with one attached hydrogen (secondary N) is 3. The third-order valence-corrected chi connectivity index (χ3v) is 6.90. The molecule has 2 saturated heterocycles. The Hall–Kier alpha value is -3.80. The van der Waals surface area contributed by atoms with Crippen LogP contribution in [-0.4, -0.2) is 92.3 Å². The first-order valence-corrected chi connectivity index (χ1v) is 12.6. The summed E-state index contributed by atoms with van der Waals surface area (Å²) in [5.41, 5.74) is 8.68. The van der Waals surface area contributed by atoms with Gasteiger partial charge in [0.05, 0.1) is 6.04 Å². The van der Waals surface area contributed by atoms with Crippen molar-refractivity contribution in [3.63, 3.8) is 0 Å². The molecule has 5 amide bonds. The molecule has 2 heterocycles. The molecule has 0 bridgehead atoms. The highest BCUT2D eigenvalue weighted by molar-refractivity contribution is 6.28. The van der Waals surface area contributed by atoms with Crippen LogP contribution in [0.5, 0.6) is 0 Å². The fourth-order valence-electron chi connectivity index (χ4n) is 5.01. The van der Waals surface area contributed by atoms with Crippen molar-refractivity contribution in [2.24, 2.45) is 0 Å². The fourth-order valence-corrected chi connectivity index (χ4v) is 5.01. The molecule has 0 unspecified atom stereocenters. The maximum atomic E-state index is 13.5.